The Kier molecular flexibility index (Phi) is 12.5. The summed E-state index contributed by atoms with van der Waals surface area (Å²) in [6.45, 7) is 17.7. The lowest BCUT2D eigenvalue weighted by Gasteiger charge is -2.16. The zero-order valence-electron chi connectivity index (χ0n) is 20.9. The Hall–Kier alpha value is -3.31. The number of hydrogen-bond acceptors (Lipinski definition) is 2. The molecule has 1 aliphatic rings. The molecule has 2 N–H and O–H groups in total. The van der Waals surface area contributed by atoms with Crippen LogP contribution in [0.25, 0.3) is 11.1 Å². The fourth-order valence-electron chi connectivity index (χ4n) is 3.36. The summed E-state index contributed by atoms with van der Waals surface area (Å²) in [7, 11) is 0. The second-order valence-corrected chi connectivity index (χ2v) is 7.43. The van der Waals surface area contributed by atoms with Gasteiger partial charge < -0.3 is 10.6 Å². The van der Waals surface area contributed by atoms with Crippen molar-refractivity contribution in [2.75, 3.05) is 18.4 Å². The van der Waals surface area contributed by atoms with Crippen LogP contribution in [-0.2, 0) is 0 Å². The Morgan fingerprint density at radius 1 is 1.09 bits per heavy atom. The number of nitrogens with one attached hydrogen (secondary N) is 2. The molecule has 0 fully saturated rings. The Morgan fingerprint density at radius 2 is 1.76 bits per heavy atom. The average Bonchev–Trinajstić information content (AvgIpc) is 2.85. The number of halogens is 2. The van der Waals surface area contributed by atoms with E-state index in [0.717, 1.165) is 36.2 Å². The van der Waals surface area contributed by atoms with Crippen molar-refractivity contribution in [3.05, 3.63) is 102 Å². The minimum absolute atomic E-state index is 0.0209. The third kappa shape index (κ3) is 7.92. The number of allylic oxidation sites excluding steroid dienone is 4. The van der Waals surface area contributed by atoms with Gasteiger partial charge in [0.25, 0.3) is 5.91 Å². The van der Waals surface area contributed by atoms with Gasteiger partial charge in [0.15, 0.2) is 0 Å². The van der Waals surface area contributed by atoms with E-state index >= 15 is 0 Å². The summed E-state index contributed by atoms with van der Waals surface area (Å²) in [5.74, 6) is -1.59. The molecule has 0 radical (unpaired) electrons. The SMILES string of the molecule is C/C=C(\C)c1ccc(NC(=O)c2c(C)cc(C3=CCNCC3)cc2F)cc1F.C=CC=C.CC. The van der Waals surface area contributed by atoms with E-state index in [-0.39, 0.29) is 5.56 Å². The van der Waals surface area contributed by atoms with Crippen molar-refractivity contribution >= 4 is 22.7 Å². The Bertz CT molecular complexity index is 1040. The van der Waals surface area contributed by atoms with Crippen LogP contribution in [0, 0.1) is 18.6 Å². The van der Waals surface area contributed by atoms with Crippen LogP contribution in [0.5, 0.6) is 0 Å². The van der Waals surface area contributed by atoms with Gasteiger partial charge >= 0.3 is 0 Å². The monoisotopic (exact) mass is 466 g/mol. The van der Waals surface area contributed by atoms with Gasteiger partial charge in [0, 0.05) is 17.8 Å². The van der Waals surface area contributed by atoms with Crippen LogP contribution in [0.4, 0.5) is 14.5 Å². The normalized spacial score (nSPS) is 12.8. The standard InChI is InChI=1S/C23H24F2N2O.C4H6.C2H6/c1-4-14(2)19-6-5-18(13-20(19)24)27-23(28)22-15(3)11-17(12-21(22)25)16-7-9-26-10-8-16;1-3-4-2;1-2/h4-7,11-13,26H,8-10H2,1-3H3,(H,27,28);3-4H,1-2H2;1-2H3/b14-4+;;. The van der Waals surface area contributed by atoms with E-state index in [1.807, 2.05) is 45.9 Å². The maximum absolute atomic E-state index is 14.7. The molecule has 3 nitrogen and oxygen atoms in total. The van der Waals surface area contributed by atoms with Gasteiger partial charge in [-0.05, 0) is 80.3 Å². The van der Waals surface area contributed by atoms with E-state index in [1.54, 1.807) is 31.2 Å². The first-order valence-electron chi connectivity index (χ1n) is 11.5. The minimum atomic E-state index is -0.587. The average molecular weight is 467 g/mol. The van der Waals surface area contributed by atoms with Crippen molar-refractivity contribution in [1.29, 1.82) is 0 Å². The third-order valence-corrected chi connectivity index (χ3v) is 5.20. The summed E-state index contributed by atoms with van der Waals surface area (Å²) in [5.41, 5.74) is 3.97. The Balaban J connectivity index is 0.000000872. The van der Waals surface area contributed by atoms with E-state index in [1.165, 1.54) is 12.1 Å². The number of carbonyl (C=O) groups is 1. The van der Waals surface area contributed by atoms with Crippen molar-refractivity contribution in [3.63, 3.8) is 0 Å². The number of carbonyl (C=O) groups excluding carboxylic acids is 1. The fraction of sp³-hybridized carbons (Fsp3) is 0.276. The Labute approximate surface area is 203 Å². The number of anilines is 1. The topological polar surface area (TPSA) is 41.1 Å². The molecule has 2 aromatic carbocycles. The lowest BCUT2D eigenvalue weighted by atomic mass is 9.95. The maximum atomic E-state index is 14.7. The molecule has 0 saturated heterocycles. The van der Waals surface area contributed by atoms with Gasteiger partial charge in [-0.2, -0.15) is 0 Å². The van der Waals surface area contributed by atoms with Gasteiger partial charge in [0.05, 0.1) is 5.56 Å². The molecule has 1 amide bonds. The summed E-state index contributed by atoms with van der Waals surface area (Å²) < 4.78 is 29.0. The largest absolute Gasteiger partial charge is 0.322 e. The second kappa shape index (κ2) is 14.8. The van der Waals surface area contributed by atoms with Crippen molar-refractivity contribution in [3.8, 4) is 0 Å². The molecular weight excluding hydrogens is 430 g/mol. The lowest BCUT2D eigenvalue weighted by Crippen LogP contribution is -2.20. The van der Waals surface area contributed by atoms with Crippen LogP contribution in [0.1, 0.15) is 61.2 Å². The number of amides is 1. The maximum Gasteiger partial charge on any atom is 0.258 e. The van der Waals surface area contributed by atoms with E-state index in [2.05, 4.69) is 23.8 Å². The highest BCUT2D eigenvalue weighted by Crippen LogP contribution is 2.26. The first-order chi connectivity index (χ1) is 16.3. The lowest BCUT2D eigenvalue weighted by molar-refractivity contribution is 0.102. The van der Waals surface area contributed by atoms with E-state index in [4.69, 9.17) is 0 Å². The van der Waals surface area contributed by atoms with Gasteiger partial charge in [0.2, 0.25) is 0 Å². The molecule has 0 aliphatic carbocycles. The predicted octanol–water partition coefficient (Wildman–Crippen LogP) is 7.71. The van der Waals surface area contributed by atoms with Crippen LogP contribution in [0.2, 0.25) is 0 Å². The predicted molar refractivity (Wildman–Crippen MR) is 142 cm³/mol. The molecule has 0 aromatic heterocycles. The summed E-state index contributed by atoms with van der Waals surface area (Å²) in [6.07, 6.45) is 7.95. The number of hydrogen-bond donors (Lipinski definition) is 2. The van der Waals surface area contributed by atoms with Crippen LogP contribution in [0.3, 0.4) is 0 Å². The van der Waals surface area contributed by atoms with E-state index < -0.39 is 17.5 Å². The van der Waals surface area contributed by atoms with Gasteiger partial charge in [-0.25, -0.2) is 8.78 Å². The molecule has 0 unspecified atom stereocenters. The van der Waals surface area contributed by atoms with Crippen molar-refractivity contribution < 1.29 is 13.6 Å². The molecule has 34 heavy (non-hydrogen) atoms. The van der Waals surface area contributed by atoms with Crippen LogP contribution < -0.4 is 10.6 Å². The molecular formula is C29H36F2N2O. The van der Waals surface area contributed by atoms with Crippen LogP contribution in [-0.4, -0.2) is 19.0 Å². The van der Waals surface area contributed by atoms with Gasteiger partial charge in [-0.1, -0.05) is 57.4 Å². The zero-order chi connectivity index (χ0) is 25.7. The van der Waals surface area contributed by atoms with E-state index in [0.29, 0.717) is 16.8 Å². The fourth-order valence-corrected chi connectivity index (χ4v) is 3.36. The van der Waals surface area contributed by atoms with Crippen LogP contribution in [0.15, 0.2) is 67.8 Å². The molecule has 0 atom stereocenters. The smallest absolute Gasteiger partial charge is 0.258 e. The molecule has 5 heteroatoms. The van der Waals surface area contributed by atoms with Gasteiger partial charge in [0.1, 0.15) is 11.6 Å². The van der Waals surface area contributed by atoms with Crippen molar-refractivity contribution in [1.82, 2.24) is 5.32 Å². The summed E-state index contributed by atoms with van der Waals surface area (Å²) in [5, 5.41) is 5.82. The molecule has 0 saturated carbocycles. The van der Waals surface area contributed by atoms with Crippen molar-refractivity contribution in [2.24, 2.45) is 0 Å². The highest BCUT2D eigenvalue weighted by molar-refractivity contribution is 6.05. The summed E-state index contributed by atoms with van der Waals surface area (Å²) in [4.78, 5) is 12.6. The molecule has 1 heterocycles. The molecule has 3 rings (SSSR count). The first-order valence-corrected chi connectivity index (χ1v) is 11.5. The highest BCUT2D eigenvalue weighted by atomic mass is 19.1. The summed E-state index contributed by atoms with van der Waals surface area (Å²) in [6, 6.07) is 7.70. The minimum Gasteiger partial charge on any atom is -0.322 e. The third-order valence-electron chi connectivity index (χ3n) is 5.20. The van der Waals surface area contributed by atoms with Gasteiger partial charge in [-0.3, -0.25) is 4.79 Å². The quantitative estimate of drug-likeness (QED) is 0.443. The van der Waals surface area contributed by atoms with Gasteiger partial charge in [-0.15, -0.1) is 0 Å². The molecule has 2 aromatic rings. The van der Waals surface area contributed by atoms with Crippen molar-refractivity contribution in [2.45, 2.75) is 41.0 Å². The molecule has 182 valence electrons. The second-order valence-electron chi connectivity index (χ2n) is 7.43. The highest BCUT2D eigenvalue weighted by Gasteiger charge is 2.18. The molecule has 1 aliphatic heterocycles. The molecule has 0 spiro atoms. The van der Waals surface area contributed by atoms with E-state index in [9.17, 15) is 13.6 Å². The number of rotatable bonds is 5. The molecule has 0 bridgehead atoms. The number of aryl methyl sites for hydroxylation is 1. The summed E-state index contributed by atoms with van der Waals surface area (Å²) >= 11 is 0. The van der Waals surface area contributed by atoms with Crippen LogP contribution >= 0.6 is 0 Å². The number of benzene rings is 2. The zero-order valence-corrected chi connectivity index (χ0v) is 20.9. The Morgan fingerprint density at radius 3 is 2.26 bits per heavy atom. The first kappa shape index (κ1) is 28.7.